The lowest BCUT2D eigenvalue weighted by Crippen LogP contribution is -2.52. The Morgan fingerprint density at radius 3 is 2.68 bits per heavy atom. The number of carbonyl (C=O) groups is 1. The lowest BCUT2D eigenvalue weighted by molar-refractivity contribution is -0.138. The molecule has 1 unspecified atom stereocenters. The number of ether oxygens (including phenoxy) is 1. The zero-order valence-corrected chi connectivity index (χ0v) is 10.5. The molecule has 4 nitrogen and oxygen atoms in total. The van der Waals surface area contributed by atoms with Gasteiger partial charge in [-0.25, -0.2) is 0 Å². The Hall–Kier alpha value is -2.07. The van der Waals surface area contributed by atoms with E-state index >= 15 is 0 Å². The van der Waals surface area contributed by atoms with E-state index in [4.69, 9.17) is 15.6 Å². The monoisotopic (exact) mass is 259 g/mol. The molecule has 1 aliphatic rings. The smallest absolute Gasteiger partial charge is 0.305 e. The van der Waals surface area contributed by atoms with Gasteiger partial charge < -0.3 is 15.6 Å². The predicted molar refractivity (Wildman–Crippen MR) is 72.9 cm³/mol. The van der Waals surface area contributed by atoms with Crippen molar-refractivity contribution in [1.29, 1.82) is 0 Å². The summed E-state index contributed by atoms with van der Waals surface area (Å²) in [6.07, 6.45) is 7.95. The van der Waals surface area contributed by atoms with Gasteiger partial charge in [0, 0.05) is 6.42 Å². The van der Waals surface area contributed by atoms with Crippen LogP contribution in [0.15, 0.2) is 54.6 Å². The Morgan fingerprint density at radius 1 is 1.37 bits per heavy atom. The number of nitrogens with two attached hydrogens (primary N) is 1. The van der Waals surface area contributed by atoms with Crippen LogP contribution < -0.4 is 10.5 Å². The number of carboxylic acid groups (broad SMARTS) is 1. The SMILES string of the molecule is N[C@H](CC(=O)O)C1(Oc2ccccc2)C=CC=CC1. The van der Waals surface area contributed by atoms with E-state index in [0.29, 0.717) is 12.2 Å². The molecule has 0 saturated heterocycles. The second-order valence-electron chi connectivity index (χ2n) is 4.57. The molecule has 100 valence electrons. The Labute approximate surface area is 112 Å². The Kier molecular flexibility index (Phi) is 4.02. The van der Waals surface area contributed by atoms with Gasteiger partial charge in [-0.2, -0.15) is 0 Å². The lowest BCUT2D eigenvalue weighted by Gasteiger charge is -2.36. The van der Waals surface area contributed by atoms with E-state index in [-0.39, 0.29) is 6.42 Å². The molecular formula is C15H17NO3. The molecule has 1 aromatic rings. The third kappa shape index (κ3) is 3.23. The van der Waals surface area contributed by atoms with Crippen molar-refractivity contribution in [2.45, 2.75) is 24.5 Å². The summed E-state index contributed by atoms with van der Waals surface area (Å²) in [5.74, 6) is -0.241. The van der Waals surface area contributed by atoms with Gasteiger partial charge in [-0.15, -0.1) is 0 Å². The zero-order chi connectivity index (χ0) is 13.7. The molecular weight excluding hydrogens is 242 g/mol. The first-order chi connectivity index (χ1) is 9.12. The molecule has 0 heterocycles. The van der Waals surface area contributed by atoms with Crippen LogP contribution in [0.2, 0.25) is 0 Å². The fraction of sp³-hybridized carbons (Fsp3) is 0.267. The van der Waals surface area contributed by atoms with Crippen LogP contribution in [0.1, 0.15) is 12.8 Å². The van der Waals surface area contributed by atoms with Gasteiger partial charge in [0.1, 0.15) is 11.4 Å². The molecule has 3 N–H and O–H groups in total. The van der Waals surface area contributed by atoms with Crippen LogP contribution in [0, 0.1) is 0 Å². The van der Waals surface area contributed by atoms with Gasteiger partial charge in [0.25, 0.3) is 0 Å². The molecule has 1 aromatic carbocycles. The molecule has 0 fully saturated rings. The first-order valence-corrected chi connectivity index (χ1v) is 6.18. The van der Waals surface area contributed by atoms with Gasteiger partial charge in [-0.3, -0.25) is 4.79 Å². The summed E-state index contributed by atoms with van der Waals surface area (Å²) in [5.41, 5.74) is 5.24. The standard InChI is InChI=1S/C15H17NO3/c16-13(11-14(17)18)15(9-5-2-6-10-15)19-12-7-3-1-4-8-12/h1-9,13H,10-11,16H2,(H,17,18)/t13-,15?/m1/s1. The number of hydrogen-bond acceptors (Lipinski definition) is 3. The highest BCUT2D eigenvalue weighted by atomic mass is 16.5. The molecule has 1 aliphatic carbocycles. The van der Waals surface area contributed by atoms with Gasteiger partial charge in [0.05, 0.1) is 12.5 Å². The molecule has 0 amide bonds. The molecule has 4 heteroatoms. The number of benzene rings is 1. The zero-order valence-electron chi connectivity index (χ0n) is 10.5. The van der Waals surface area contributed by atoms with E-state index in [2.05, 4.69) is 0 Å². The molecule has 0 saturated carbocycles. The van der Waals surface area contributed by atoms with Gasteiger partial charge in [-0.1, -0.05) is 36.4 Å². The number of hydrogen-bond donors (Lipinski definition) is 2. The van der Waals surface area contributed by atoms with Crippen molar-refractivity contribution in [2.24, 2.45) is 5.73 Å². The molecule has 0 bridgehead atoms. The van der Waals surface area contributed by atoms with Crippen LogP contribution >= 0.6 is 0 Å². The summed E-state index contributed by atoms with van der Waals surface area (Å²) in [7, 11) is 0. The number of aliphatic carboxylic acids is 1. The van der Waals surface area contributed by atoms with E-state index in [1.807, 2.05) is 54.6 Å². The minimum Gasteiger partial charge on any atom is -0.481 e. The van der Waals surface area contributed by atoms with Crippen LogP contribution in [-0.4, -0.2) is 22.7 Å². The molecule has 0 aromatic heterocycles. The third-order valence-corrected chi connectivity index (χ3v) is 3.14. The molecule has 2 rings (SSSR count). The highest BCUT2D eigenvalue weighted by molar-refractivity contribution is 5.68. The molecule has 0 aliphatic heterocycles. The Bertz CT molecular complexity index is 495. The van der Waals surface area contributed by atoms with Crippen LogP contribution in [-0.2, 0) is 4.79 Å². The molecule has 19 heavy (non-hydrogen) atoms. The Balaban J connectivity index is 2.22. The maximum atomic E-state index is 10.9. The van der Waals surface area contributed by atoms with Gasteiger partial charge in [-0.05, 0) is 18.2 Å². The summed E-state index contributed by atoms with van der Waals surface area (Å²) < 4.78 is 5.98. The van der Waals surface area contributed by atoms with Crippen molar-refractivity contribution >= 4 is 5.97 Å². The summed E-state index contributed by atoms with van der Waals surface area (Å²) in [6, 6.07) is 8.70. The fourth-order valence-corrected chi connectivity index (χ4v) is 2.11. The van der Waals surface area contributed by atoms with Crippen molar-refractivity contribution in [3.8, 4) is 5.75 Å². The topological polar surface area (TPSA) is 72.6 Å². The van der Waals surface area contributed by atoms with Crippen molar-refractivity contribution in [2.75, 3.05) is 0 Å². The third-order valence-electron chi connectivity index (χ3n) is 3.14. The number of para-hydroxylation sites is 1. The summed E-state index contributed by atoms with van der Waals surface area (Å²) >= 11 is 0. The average Bonchev–Trinajstić information content (AvgIpc) is 2.40. The van der Waals surface area contributed by atoms with E-state index in [1.165, 1.54) is 0 Å². The largest absolute Gasteiger partial charge is 0.481 e. The molecule has 0 radical (unpaired) electrons. The Morgan fingerprint density at radius 2 is 2.11 bits per heavy atom. The maximum absolute atomic E-state index is 10.9. The van der Waals surface area contributed by atoms with Crippen LogP contribution in [0.4, 0.5) is 0 Å². The highest BCUT2D eigenvalue weighted by Gasteiger charge is 2.37. The highest BCUT2D eigenvalue weighted by Crippen LogP contribution is 2.29. The second-order valence-corrected chi connectivity index (χ2v) is 4.57. The quantitative estimate of drug-likeness (QED) is 0.849. The van der Waals surface area contributed by atoms with Gasteiger partial charge in [0.2, 0.25) is 0 Å². The minimum absolute atomic E-state index is 0.134. The summed E-state index contributed by atoms with van der Waals surface area (Å²) in [6.45, 7) is 0. The number of allylic oxidation sites excluding steroid dienone is 2. The van der Waals surface area contributed by atoms with Gasteiger partial charge in [0.15, 0.2) is 0 Å². The molecule has 0 spiro atoms. The van der Waals surface area contributed by atoms with Crippen LogP contribution in [0.5, 0.6) is 5.75 Å². The second kappa shape index (κ2) is 5.71. The van der Waals surface area contributed by atoms with Gasteiger partial charge >= 0.3 is 5.97 Å². The summed E-state index contributed by atoms with van der Waals surface area (Å²) in [4.78, 5) is 10.9. The van der Waals surface area contributed by atoms with Crippen molar-refractivity contribution in [3.63, 3.8) is 0 Å². The lowest BCUT2D eigenvalue weighted by atomic mass is 9.85. The van der Waals surface area contributed by atoms with Crippen molar-refractivity contribution in [3.05, 3.63) is 54.6 Å². The van der Waals surface area contributed by atoms with Crippen molar-refractivity contribution < 1.29 is 14.6 Å². The first-order valence-electron chi connectivity index (χ1n) is 6.18. The van der Waals surface area contributed by atoms with E-state index in [1.54, 1.807) is 0 Å². The van der Waals surface area contributed by atoms with E-state index in [9.17, 15) is 4.79 Å². The fourth-order valence-electron chi connectivity index (χ4n) is 2.11. The normalized spacial score (nSPS) is 23.0. The summed E-state index contributed by atoms with van der Waals surface area (Å²) in [5, 5.41) is 8.92. The maximum Gasteiger partial charge on any atom is 0.305 e. The van der Waals surface area contributed by atoms with E-state index < -0.39 is 17.6 Å². The minimum atomic E-state index is -0.925. The number of carboxylic acids is 1. The number of rotatable bonds is 5. The van der Waals surface area contributed by atoms with Crippen molar-refractivity contribution in [1.82, 2.24) is 0 Å². The predicted octanol–water partition coefficient (Wildman–Crippen LogP) is 2.12. The van der Waals surface area contributed by atoms with Crippen LogP contribution in [0.3, 0.4) is 0 Å². The van der Waals surface area contributed by atoms with E-state index in [0.717, 1.165) is 0 Å². The first kappa shape index (κ1) is 13.4. The average molecular weight is 259 g/mol. The van der Waals surface area contributed by atoms with Crippen LogP contribution in [0.25, 0.3) is 0 Å². The molecule has 2 atom stereocenters.